The molecule has 3 aliphatic carbocycles. The molecule has 0 aromatic heterocycles. The maximum absolute atomic E-state index is 2.13. The van der Waals surface area contributed by atoms with Crippen molar-refractivity contribution in [2.45, 2.75) is 116 Å². The molecule has 1 radical (unpaired) electrons. The molecule has 0 amide bonds. The molecule has 0 heterocycles. The highest BCUT2D eigenvalue weighted by Gasteiger charge is 2.36. The molecule has 22 heavy (non-hydrogen) atoms. The summed E-state index contributed by atoms with van der Waals surface area (Å²) >= 11 is 0. The molecule has 0 aromatic rings. The summed E-state index contributed by atoms with van der Waals surface area (Å²) in [6.45, 7) is 0. The van der Waals surface area contributed by atoms with E-state index in [0.29, 0.717) is 0 Å². The van der Waals surface area contributed by atoms with Crippen LogP contribution >= 0.6 is 0 Å². The lowest BCUT2D eigenvalue weighted by atomic mass is 9.66. The van der Waals surface area contributed by atoms with Crippen molar-refractivity contribution in [3.63, 3.8) is 0 Å². The summed E-state index contributed by atoms with van der Waals surface area (Å²) in [6, 6.07) is 0. The van der Waals surface area contributed by atoms with Crippen molar-refractivity contribution in [3.8, 4) is 0 Å². The quantitative estimate of drug-likeness (QED) is 0.474. The second-order valence-electron chi connectivity index (χ2n) is 8.57. The fraction of sp³-hybridized carbons (Fsp3) is 0.955. The van der Waals surface area contributed by atoms with Gasteiger partial charge in [-0.3, -0.25) is 0 Å². The first-order valence-corrected chi connectivity index (χ1v) is 10.8. The van der Waals surface area contributed by atoms with Crippen LogP contribution in [0.15, 0.2) is 0 Å². The monoisotopic (exact) mass is 303 g/mol. The van der Waals surface area contributed by atoms with Crippen LogP contribution in [0.2, 0.25) is 0 Å². The van der Waals surface area contributed by atoms with Crippen LogP contribution in [0.5, 0.6) is 0 Å². The van der Waals surface area contributed by atoms with E-state index in [1.807, 2.05) is 0 Å². The van der Waals surface area contributed by atoms with Crippen molar-refractivity contribution >= 4 is 0 Å². The van der Waals surface area contributed by atoms with Gasteiger partial charge in [-0.15, -0.1) is 0 Å². The van der Waals surface area contributed by atoms with Gasteiger partial charge in [0.15, 0.2) is 0 Å². The topological polar surface area (TPSA) is 0 Å². The Hall–Kier alpha value is 0. The molecule has 3 fully saturated rings. The maximum Gasteiger partial charge on any atom is -0.0148 e. The van der Waals surface area contributed by atoms with E-state index in [2.05, 4.69) is 5.92 Å². The van der Waals surface area contributed by atoms with Gasteiger partial charge in [0.25, 0.3) is 0 Å². The minimum atomic E-state index is 1.02. The number of hydrogen-bond donors (Lipinski definition) is 0. The lowest BCUT2D eigenvalue weighted by Crippen LogP contribution is -2.28. The van der Waals surface area contributed by atoms with Gasteiger partial charge < -0.3 is 0 Å². The normalized spacial score (nSPS) is 28.2. The van der Waals surface area contributed by atoms with Crippen LogP contribution in [0.4, 0.5) is 0 Å². The first-order valence-electron chi connectivity index (χ1n) is 10.8. The number of hydrogen-bond acceptors (Lipinski definition) is 0. The largest absolute Gasteiger partial charge is 0.0533 e. The molecule has 0 aliphatic heterocycles. The molecule has 3 rings (SSSR count). The summed E-state index contributed by atoms with van der Waals surface area (Å²) in [5.41, 5.74) is 0. The molecule has 0 spiro atoms. The lowest BCUT2D eigenvalue weighted by molar-refractivity contribution is 0.265. The summed E-state index contributed by atoms with van der Waals surface area (Å²) in [5.74, 6) is 5.20. The van der Waals surface area contributed by atoms with Crippen LogP contribution in [0, 0.1) is 23.7 Å². The van der Waals surface area contributed by atoms with Crippen LogP contribution in [0.25, 0.3) is 0 Å². The van der Waals surface area contributed by atoms with Crippen LogP contribution in [-0.2, 0) is 0 Å². The Kier molecular flexibility index (Phi) is 7.15. The van der Waals surface area contributed by atoms with Gasteiger partial charge in [-0.05, 0) is 62.2 Å². The van der Waals surface area contributed by atoms with Crippen molar-refractivity contribution in [1.82, 2.24) is 0 Å². The molecule has 0 aromatic carbocycles. The zero-order valence-corrected chi connectivity index (χ0v) is 15.0. The van der Waals surface area contributed by atoms with Crippen LogP contribution in [0.1, 0.15) is 116 Å². The highest BCUT2D eigenvalue weighted by molar-refractivity contribution is 5.07. The second-order valence-corrected chi connectivity index (χ2v) is 8.57. The third kappa shape index (κ3) is 4.75. The van der Waals surface area contributed by atoms with E-state index in [-0.39, 0.29) is 0 Å². The predicted octanol–water partition coefficient (Wildman–Crippen LogP) is 7.47. The maximum atomic E-state index is 2.13. The van der Waals surface area contributed by atoms with Crippen molar-refractivity contribution < 1.29 is 0 Å². The van der Waals surface area contributed by atoms with Gasteiger partial charge in [0, 0.05) is 0 Å². The molecule has 0 N–H and O–H groups in total. The Morgan fingerprint density at radius 1 is 0.318 bits per heavy atom. The minimum absolute atomic E-state index is 1.02. The third-order valence-electron chi connectivity index (χ3n) is 6.98. The summed E-state index contributed by atoms with van der Waals surface area (Å²) in [6.07, 6.45) is 27.5. The molecule has 0 nitrogen and oxygen atoms in total. The first kappa shape index (κ1) is 16.8. The van der Waals surface area contributed by atoms with E-state index in [0.717, 1.165) is 17.8 Å². The van der Waals surface area contributed by atoms with E-state index in [9.17, 15) is 0 Å². The SMILES string of the molecule is C1CCCC([C](C2CCCCCC2)C2CCCCCC2)CC1. The first-order chi connectivity index (χ1) is 10.9. The lowest BCUT2D eigenvalue weighted by Gasteiger charge is -2.38. The summed E-state index contributed by atoms with van der Waals surface area (Å²) in [4.78, 5) is 0. The van der Waals surface area contributed by atoms with E-state index in [4.69, 9.17) is 0 Å². The summed E-state index contributed by atoms with van der Waals surface area (Å²) in [5, 5.41) is 0. The fourth-order valence-electron chi connectivity index (χ4n) is 5.84. The average molecular weight is 304 g/mol. The van der Waals surface area contributed by atoms with Crippen molar-refractivity contribution in [1.29, 1.82) is 0 Å². The van der Waals surface area contributed by atoms with Gasteiger partial charge in [-0.25, -0.2) is 0 Å². The van der Waals surface area contributed by atoms with Crippen molar-refractivity contribution in [2.24, 2.45) is 17.8 Å². The van der Waals surface area contributed by atoms with E-state index >= 15 is 0 Å². The second kappa shape index (κ2) is 9.33. The van der Waals surface area contributed by atoms with Gasteiger partial charge in [0.05, 0.1) is 0 Å². The zero-order chi connectivity index (χ0) is 15.0. The van der Waals surface area contributed by atoms with Gasteiger partial charge >= 0.3 is 0 Å². The van der Waals surface area contributed by atoms with Crippen LogP contribution in [0.3, 0.4) is 0 Å². The molecule has 0 atom stereocenters. The minimum Gasteiger partial charge on any atom is -0.0533 e. The Morgan fingerprint density at radius 2 is 0.545 bits per heavy atom. The predicted molar refractivity (Wildman–Crippen MR) is 96.8 cm³/mol. The highest BCUT2D eigenvalue weighted by Crippen LogP contribution is 2.47. The van der Waals surface area contributed by atoms with Gasteiger partial charge in [-0.1, -0.05) is 77.0 Å². The Morgan fingerprint density at radius 3 is 0.773 bits per heavy atom. The van der Waals surface area contributed by atoms with Crippen LogP contribution in [-0.4, -0.2) is 0 Å². The van der Waals surface area contributed by atoms with Gasteiger partial charge in [0.1, 0.15) is 0 Å². The van der Waals surface area contributed by atoms with Crippen molar-refractivity contribution in [2.75, 3.05) is 0 Å². The van der Waals surface area contributed by atoms with E-state index in [1.54, 1.807) is 38.5 Å². The zero-order valence-electron chi connectivity index (χ0n) is 15.0. The fourth-order valence-corrected chi connectivity index (χ4v) is 5.84. The molecule has 3 aliphatic rings. The Labute approximate surface area is 139 Å². The Bertz CT molecular complexity index is 223. The smallest absolute Gasteiger partial charge is 0.0148 e. The number of rotatable bonds is 3. The average Bonchev–Trinajstić information content (AvgIpc) is 3.04. The molecular formula is C22H39. The van der Waals surface area contributed by atoms with Gasteiger partial charge in [0.2, 0.25) is 0 Å². The molecule has 127 valence electrons. The standard InChI is InChI=1S/C22H39/c1-2-8-14-19(13-7-1)22(20-15-9-3-4-10-16-20)21-17-11-5-6-12-18-21/h19-21H,1-18H2. The van der Waals surface area contributed by atoms with Crippen LogP contribution < -0.4 is 0 Å². The Balaban J connectivity index is 1.72. The molecular weight excluding hydrogens is 264 g/mol. The molecule has 3 saturated carbocycles. The molecule has 0 saturated heterocycles. The van der Waals surface area contributed by atoms with Crippen molar-refractivity contribution in [3.05, 3.63) is 5.92 Å². The van der Waals surface area contributed by atoms with E-state index in [1.165, 1.54) is 77.0 Å². The molecule has 0 bridgehead atoms. The molecule has 0 heteroatoms. The van der Waals surface area contributed by atoms with E-state index < -0.39 is 0 Å². The van der Waals surface area contributed by atoms with Gasteiger partial charge in [-0.2, -0.15) is 0 Å². The third-order valence-corrected chi connectivity index (χ3v) is 6.98. The highest BCUT2D eigenvalue weighted by atomic mass is 14.4. The molecule has 0 unspecified atom stereocenters. The summed E-state index contributed by atoms with van der Waals surface area (Å²) < 4.78 is 0. The summed E-state index contributed by atoms with van der Waals surface area (Å²) in [7, 11) is 0.